The van der Waals surface area contributed by atoms with Gasteiger partial charge in [-0.05, 0) is 27.2 Å². The fourth-order valence-corrected chi connectivity index (χ4v) is 3.33. The number of guanidine groups is 1. The second-order valence-electron chi connectivity index (χ2n) is 5.24. The molecule has 0 spiro atoms. The molecule has 0 aromatic carbocycles. The molecule has 18 heavy (non-hydrogen) atoms. The molecule has 1 fully saturated rings. The molecule has 0 atom stereocenters. The highest BCUT2D eigenvalue weighted by Gasteiger charge is 2.40. The van der Waals surface area contributed by atoms with Crippen molar-refractivity contribution in [3.05, 3.63) is 0 Å². The molecule has 1 heterocycles. The summed E-state index contributed by atoms with van der Waals surface area (Å²) >= 11 is 0. The molecule has 0 bridgehead atoms. The van der Waals surface area contributed by atoms with Crippen molar-refractivity contribution in [1.82, 2.24) is 10.2 Å². The highest BCUT2D eigenvalue weighted by molar-refractivity contribution is 7.92. The highest BCUT2D eigenvalue weighted by atomic mass is 32.2. The van der Waals surface area contributed by atoms with Gasteiger partial charge in [0.05, 0.1) is 10.5 Å². The van der Waals surface area contributed by atoms with Gasteiger partial charge < -0.3 is 10.2 Å². The van der Waals surface area contributed by atoms with Crippen molar-refractivity contribution in [3.8, 4) is 0 Å². The van der Waals surface area contributed by atoms with Gasteiger partial charge in [0.2, 0.25) is 0 Å². The van der Waals surface area contributed by atoms with Gasteiger partial charge in [0, 0.05) is 26.2 Å². The Bertz CT molecular complexity index is 402. The van der Waals surface area contributed by atoms with Crippen molar-refractivity contribution in [2.45, 2.75) is 38.9 Å². The summed E-state index contributed by atoms with van der Waals surface area (Å²) in [5.74, 6) is 1.04. The minimum atomic E-state index is -2.99. The molecule has 106 valence electrons. The average molecular weight is 275 g/mol. The molecule has 1 aliphatic rings. The molecule has 0 radical (unpaired) electrons. The van der Waals surface area contributed by atoms with E-state index in [-0.39, 0.29) is 5.75 Å². The van der Waals surface area contributed by atoms with Crippen LogP contribution in [0, 0.1) is 0 Å². The quantitative estimate of drug-likeness (QED) is 0.613. The summed E-state index contributed by atoms with van der Waals surface area (Å²) < 4.78 is 23.2. The lowest BCUT2D eigenvalue weighted by Crippen LogP contribution is -2.57. The van der Waals surface area contributed by atoms with Crippen LogP contribution in [-0.2, 0) is 9.84 Å². The molecule has 5 nitrogen and oxygen atoms in total. The topological polar surface area (TPSA) is 61.8 Å². The Hall–Kier alpha value is -0.780. The van der Waals surface area contributed by atoms with Crippen molar-refractivity contribution in [2.75, 3.05) is 31.9 Å². The molecule has 1 rings (SSSR count). The second kappa shape index (κ2) is 5.91. The molecule has 1 aliphatic heterocycles. The van der Waals surface area contributed by atoms with E-state index in [0.717, 1.165) is 25.5 Å². The third kappa shape index (κ3) is 3.37. The van der Waals surface area contributed by atoms with Crippen LogP contribution in [0.1, 0.15) is 34.1 Å². The first-order chi connectivity index (χ1) is 8.34. The molecular weight excluding hydrogens is 250 g/mol. The van der Waals surface area contributed by atoms with Crippen molar-refractivity contribution >= 4 is 15.8 Å². The third-order valence-electron chi connectivity index (χ3n) is 3.16. The van der Waals surface area contributed by atoms with E-state index in [4.69, 9.17) is 0 Å². The highest BCUT2D eigenvalue weighted by Crippen LogP contribution is 2.23. The largest absolute Gasteiger partial charge is 0.357 e. The molecule has 1 saturated heterocycles. The predicted molar refractivity (Wildman–Crippen MR) is 75.7 cm³/mol. The second-order valence-corrected chi connectivity index (χ2v) is 7.98. The Balaban J connectivity index is 2.84. The Morgan fingerprint density at radius 2 is 2.06 bits per heavy atom. The fraction of sp³-hybridized carbons (Fsp3) is 0.917. The summed E-state index contributed by atoms with van der Waals surface area (Å²) in [6.07, 6.45) is 0.991. The number of rotatable bonds is 3. The fourth-order valence-electron chi connectivity index (χ4n) is 1.97. The normalized spacial score (nSPS) is 22.9. The monoisotopic (exact) mass is 275 g/mol. The number of hydrogen-bond acceptors (Lipinski definition) is 3. The van der Waals surface area contributed by atoms with Gasteiger partial charge in [0.15, 0.2) is 15.8 Å². The number of nitrogens with zero attached hydrogens (tertiary/aromatic N) is 2. The Kier molecular flexibility index (Phi) is 5.01. The number of hydrogen-bond donors (Lipinski definition) is 1. The molecule has 0 saturated carbocycles. The standard InChI is InChI=1S/C12H25N3O2S/c1-5-7-14-11(13-6-2)15-8-9-18(16,17)12(3,4)10-15/h5-10H2,1-4H3,(H,13,14). The van der Waals surface area contributed by atoms with E-state index < -0.39 is 14.6 Å². The minimum absolute atomic E-state index is 0.205. The zero-order chi connectivity index (χ0) is 13.8. The molecular formula is C12H25N3O2S. The molecule has 1 N–H and O–H groups in total. The molecule has 0 unspecified atom stereocenters. The van der Waals surface area contributed by atoms with Gasteiger partial charge in [0.1, 0.15) is 0 Å². The molecule has 0 aromatic heterocycles. The van der Waals surface area contributed by atoms with Crippen LogP contribution in [0.15, 0.2) is 4.99 Å². The summed E-state index contributed by atoms with van der Waals surface area (Å²) in [7, 11) is -2.99. The van der Waals surface area contributed by atoms with Gasteiger partial charge in [-0.3, -0.25) is 4.99 Å². The van der Waals surface area contributed by atoms with E-state index in [9.17, 15) is 8.42 Å². The molecule has 0 aliphatic carbocycles. The zero-order valence-electron chi connectivity index (χ0n) is 11.9. The summed E-state index contributed by atoms with van der Waals surface area (Å²) in [4.78, 5) is 6.56. The van der Waals surface area contributed by atoms with E-state index >= 15 is 0 Å². The first-order valence-corrected chi connectivity index (χ1v) is 8.25. The maximum absolute atomic E-state index is 12.0. The van der Waals surface area contributed by atoms with Gasteiger partial charge >= 0.3 is 0 Å². The molecule has 0 amide bonds. The lowest BCUT2D eigenvalue weighted by Gasteiger charge is -2.39. The Morgan fingerprint density at radius 3 is 2.56 bits per heavy atom. The zero-order valence-corrected chi connectivity index (χ0v) is 12.7. The van der Waals surface area contributed by atoms with Gasteiger partial charge in [-0.1, -0.05) is 6.92 Å². The lowest BCUT2D eigenvalue weighted by atomic mass is 10.2. The van der Waals surface area contributed by atoms with Gasteiger partial charge in [-0.25, -0.2) is 8.42 Å². The van der Waals surface area contributed by atoms with Crippen molar-refractivity contribution in [2.24, 2.45) is 4.99 Å². The van der Waals surface area contributed by atoms with Gasteiger partial charge in [-0.2, -0.15) is 0 Å². The smallest absolute Gasteiger partial charge is 0.193 e. The third-order valence-corrected chi connectivity index (χ3v) is 5.70. The van der Waals surface area contributed by atoms with Crippen LogP contribution in [0.3, 0.4) is 0 Å². The van der Waals surface area contributed by atoms with Crippen LogP contribution >= 0.6 is 0 Å². The van der Waals surface area contributed by atoms with E-state index in [1.165, 1.54) is 0 Å². The Morgan fingerprint density at radius 1 is 1.39 bits per heavy atom. The summed E-state index contributed by atoms with van der Waals surface area (Å²) in [5.41, 5.74) is 0. The van der Waals surface area contributed by atoms with Crippen LogP contribution in [0.25, 0.3) is 0 Å². The SMILES string of the molecule is CCCN=C(NCC)N1CCS(=O)(=O)C(C)(C)C1. The van der Waals surface area contributed by atoms with Crippen LogP contribution in [0.5, 0.6) is 0 Å². The number of aliphatic imine (C=N–C) groups is 1. The van der Waals surface area contributed by atoms with Crippen molar-refractivity contribution in [1.29, 1.82) is 0 Å². The van der Waals surface area contributed by atoms with Crippen molar-refractivity contribution in [3.63, 3.8) is 0 Å². The van der Waals surface area contributed by atoms with E-state index in [2.05, 4.69) is 22.1 Å². The molecule has 0 aromatic rings. The van der Waals surface area contributed by atoms with Gasteiger partial charge in [-0.15, -0.1) is 0 Å². The van der Waals surface area contributed by atoms with Crippen LogP contribution in [-0.4, -0.2) is 56.0 Å². The molecule has 6 heteroatoms. The maximum atomic E-state index is 12.0. The predicted octanol–water partition coefficient (Wildman–Crippen LogP) is 0.871. The minimum Gasteiger partial charge on any atom is -0.357 e. The number of nitrogens with one attached hydrogen (secondary N) is 1. The van der Waals surface area contributed by atoms with Crippen molar-refractivity contribution < 1.29 is 8.42 Å². The van der Waals surface area contributed by atoms with E-state index in [1.54, 1.807) is 13.8 Å². The average Bonchev–Trinajstić information content (AvgIpc) is 2.28. The maximum Gasteiger partial charge on any atom is 0.193 e. The van der Waals surface area contributed by atoms with Gasteiger partial charge in [0.25, 0.3) is 0 Å². The van der Waals surface area contributed by atoms with Crippen LogP contribution in [0.4, 0.5) is 0 Å². The van der Waals surface area contributed by atoms with Crippen LogP contribution < -0.4 is 5.32 Å². The first kappa shape index (κ1) is 15.3. The number of sulfone groups is 1. The summed E-state index contributed by atoms with van der Waals surface area (Å²) in [6, 6.07) is 0. The lowest BCUT2D eigenvalue weighted by molar-refractivity contribution is 0.353. The van der Waals surface area contributed by atoms with E-state index in [0.29, 0.717) is 13.1 Å². The summed E-state index contributed by atoms with van der Waals surface area (Å²) in [6.45, 7) is 10.3. The van der Waals surface area contributed by atoms with Crippen LogP contribution in [0.2, 0.25) is 0 Å². The van der Waals surface area contributed by atoms with E-state index in [1.807, 2.05) is 6.92 Å². The summed E-state index contributed by atoms with van der Waals surface area (Å²) in [5, 5.41) is 3.23. The Labute approximate surface area is 111 Å². The first-order valence-electron chi connectivity index (χ1n) is 6.59.